The van der Waals surface area contributed by atoms with Gasteiger partial charge in [0.2, 0.25) is 0 Å². The fraction of sp³-hybridized carbons (Fsp3) is 0.455. The quantitative estimate of drug-likeness (QED) is 0.534. The van der Waals surface area contributed by atoms with Crippen molar-refractivity contribution < 1.29 is 9.47 Å². The number of benzene rings is 1. The van der Waals surface area contributed by atoms with E-state index in [0.29, 0.717) is 30.6 Å². The van der Waals surface area contributed by atoms with Crippen molar-refractivity contribution in [3.05, 3.63) is 42.1 Å². The van der Waals surface area contributed by atoms with Crippen LogP contribution in [-0.4, -0.2) is 69.8 Å². The van der Waals surface area contributed by atoms with Gasteiger partial charge in [-0.2, -0.15) is 0 Å². The third-order valence-electron chi connectivity index (χ3n) is 5.05. The number of pyridine rings is 1. The number of methoxy groups -OCH3 is 1. The Balaban J connectivity index is 1.56. The number of ether oxygens (including phenoxy) is 2. The van der Waals surface area contributed by atoms with Crippen LogP contribution in [0.5, 0.6) is 11.5 Å². The Morgan fingerprint density at radius 1 is 1.13 bits per heavy atom. The highest BCUT2D eigenvalue weighted by atomic mass is 16.5. The van der Waals surface area contributed by atoms with Crippen LogP contribution in [0.3, 0.4) is 0 Å². The Bertz CT molecular complexity index is 832. The molecule has 1 aromatic heterocycles. The molecule has 8 heteroatoms. The number of anilines is 2. The van der Waals surface area contributed by atoms with Gasteiger partial charge in [0.15, 0.2) is 17.5 Å². The number of hydrogen-bond donors (Lipinski definition) is 2. The van der Waals surface area contributed by atoms with Gasteiger partial charge >= 0.3 is 0 Å². The van der Waals surface area contributed by atoms with Crippen molar-refractivity contribution in [2.45, 2.75) is 13.5 Å². The summed E-state index contributed by atoms with van der Waals surface area (Å²) in [4.78, 5) is 13.6. The maximum absolute atomic E-state index is 5.64. The summed E-state index contributed by atoms with van der Waals surface area (Å²) in [6.45, 7) is 7.33. The normalized spacial score (nSPS) is 15.1. The Hall–Kier alpha value is -3.00. The number of aromatic nitrogens is 1. The monoisotopic (exact) mass is 412 g/mol. The van der Waals surface area contributed by atoms with Crippen LogP contribution in [0.1, 0.15) is 12.5 Å². The molecule has 1 saturated heterocycles. The summed E-state index contributed by atoms with van der Waals surface area (Å²) in [5.74, 6) is 3.11. The molecule has 1 fully saturated rings. The topological polar surface area (TPSA) is 74.3 Å². The van der Waals surface area contributed by atoms with E-state index in [1.807, 2.05) is 31.3 Å². The molecule has 30 heavy (non-hydrogen) atoms. The van der Waals surface area contributed by atoms with Crippen LogP contribution in [0.4, 0.5) is 11.5 Å². The first kappa shape index (κ1) is 21.7. The summed E-state index contributed by atoms with van der Waals surface area (Å²) < 4.78 is 11.0. The molecule has 2 aromatic rings. The fourth-order valence-electron chi connectivity index (χ4n) is 3.27. The second kappa shape index (κ2) is 10.7. The number of nitrogens with zero attached hydrogens (tertiary/aromatic N) is 4. The van der Waals surface area contributed by atoms with Crippen molar-refractivity contribution in [2.75, 3.05) is 64.2 Å². The Kier molecular flexibility index (Phi) is 7.73. The van der Waals surface area contributed by atoms with E-state index < -0.39 is 0 Å². The van der Waals surface area contributed by atoms with Gasteiger partial charge in [-0.1, -0.05) is 6.07 Å². The van der Waals surface area contributed by atoms with E-state index in [0.717, 1.165) is 43.2 Å². The second-order valence-electron chi connectivity index (χ2n) is 7.16. The van der Waals surface area contributed by atoms with Gasteiger partial charge in [0.25, 0.3) is 0 Å². The molecule has 1 aliphatic heterocycles. The van der Waals surface area contributed by atoms with Crippen molar-refractivity contribution in [1.29, 1.82) is 0 Å². The summed E-state index contributed by atoms with van der Waals surface area (Å²) in [6, 6.07) is 9.92. The van der Waals surface area contributed by atoms with Crippen LogP contribution < -0.4 is 25.0 Å². The van der Waals surface area contributed by atoms with Crippen molar-refractivity contribution >= 4 is 17.5 Å². The van der Waals surface area contributed by atoms with Crippen molar-refractivity contribution in [3.8, 4) is 11.5 Å². The van der Waals surface area contributed by atoms with Gasteiger partial charge in [-0.05, 0) is 37.7 Å². The summed E-state index contributed by atoms with van der Waals surface area (Å²) in [7, 11) is 5.54. The molecule has 1 aliphatic rings. The minimum Gasteiger partial charge on any atom is -0.493 e. The summed E-state index contributed by atoms with van der Waals surface area (Å²) in [5, 5.41) is 6.61. The number of nitrogens with one attached hydrogen (secondary N) is 2. The zero-order chi connectivity index (χ0) is 21.3. The zero-order valence-corrected chi connectivity index (χ0v) is 18.3. The van der Waals surface area contributed by atoms with E-state index >= 15 is 0 Å². The average Bonchev–Trinajstić information content (AvgIpc) is 2.78. The molecule has 0 unspecified atom stereocenters. The molecule has 3 rings (SSSR count). The minimum absolute atomic E-state index is 0.573. The largest absolute Gasteiger partial charge is 0.493 e. The SMILES string of the molecule is CCOc1cc(NC(=NC)NCc2ccc(N3CCN(C)CC3)nc2)ccc1OC. The molecule has 2 N–H and O–H groups in total. The molecular formula is C22H32N6O2. The molecule has 0 atom stereocenters. The second-order valence-corrected chi connectivity index (χ2v) is 7.16. The highest BCUT2D eigenvalue weighted by Crippen LogP contribution is 2.30. The standard InChI is InChI=1S/C22H32N6O2/c1-5-30-20-14-18(7-8-19(20)29-4)26-22(23-2)25-16-17-6-9-21(24-15-17)28-12-10-27(3)11-13-28/h6-9,14-15H,5,10-13,16H2,1-4H3,(H2,23,25,26). The molecule has 0 aliphatic carbocycles. The number of aliphatic imine (C=N–C) groups is 1. The van der Waals surface area contributed by atoms with Crippen LogP contribution in [0.25, 0.3) is 0 Å². The van der Waals surface area contributed by atoms with Crippen LogP contribution in [0, 0.1) is 0 Å². The first-order chi connectivity index (χ1) is 14.6. The highest BCUT2D eigenvalue weighted by Gasteiger charge is 2.15. The maximum Gasteiger partial charge on any atom is 0.195 e. The van der Waals surface area contributed by atoms with Gasteiger partial charge in [-0.3, -0.25) is 4.99 Å². The summed E-state index contributed by atoms with van der Waals surface area (Å²) >= 11 is 0. The number of piperazine rings is 1. The van der Waals surface area contributed by atoms with E-state index in [2.05, 4.69) is 49.6 Å². The van der Waals surface area contributed by atoms with E-state index in [4.69, 9.17) is 9.47 Å². The molecule has 0 bridgehead atoms. The predicted octanol–water partition coefficient (Wildman–Crippen LogP) is 2.43. The summed E-state index contributed by atoms with van der Waals surface area (Å²) in [6.07, 6.45) is 1.93. The molecule has 0 radical (unpaired) electrons. The molecule has 0 spiro atoms. The van der Waals surface area contributed by atoms with Gasteiger partial charge in [0.1, 0.15) is 5.82 Å². The molecule has 0 saturated carbocycles. The first-order valence-electron chi connectivity index (χ1n) is 10.3. The lowest BCUT2D eigenvalue weighted by atomic mass is 10.2. The molecule has 162 valence electrons. The molecule has 2 heterocycles. The smallest absolute Gasteiger partial charge is 0.195 e. The third kappa shape index (κ3) is 5.76. The van der Waals surface area contributed by atoms with Gasteiger partial charge in [-0.15, -0.1) is 0 Å². The van der Waals surface area contributed by atoms with Gasteiger partial charge in [-0.25, -0.2) is 4.98 Å². The van der Waals surface area contributed by atoms with Gasteiger partial charge in [0, 0.05) is 57.7 Å². The summed E-state index contributed by atoms with van der Waals surface area (Å²) in [5.41, 5.74) is 1.97. The Morgan fingerprint density at radius 2 is 1.93 bits per heavy atom. The van der Waals surface area contributed by atoms with E-state index in [1.54, 1.807) is 14.2 Å². The molecule has 8 nitrogen and oxygen atoms in total. The van der Waals surface area contributed by atoms with Crippen molar-refractivity contribution in [3.63, 3.8) is 0 Å². The van der Waals surface area contributed by atoms with Crippen LogP contribution >= 0.6 is 0 Å². The Morgan fingerprint density at radius 3 is 2.57 bits per heavy atom. The maximum atomic E-state index is 5.64. The Labute approximate surface area is 178 Å². The first-order valence-corrected chi connectivity index (χ1v) is 10.3. The van der Waals surface area contributed by atoms with Gasteiger partial charge in [0.05, 0.1) is 13.7 Å². The zero-order valence-electron chi connectivity index (χ0n) is 18.3. The number of likely N-dealkylation sites (N-methyl/N-ethyl adjacent to an activating group) is 1. The van der Waals surface area contributed by atoms with E-state index in [1.165, 1.54) is 0 Å². The predicted molar refractivity (Wildman–Crippen MR) is 122 cm³/mol. The average molecular weight is 413 g/mol. The van der Waals surface area contributed by atoms with Crippen LogP contribution in [-0.2, 0) is 6.54 Å². The number of rotatable bonds is 7. The number of guanidine groups is 1. The van der Waals surface area contributed by atoms with E-state index in [9.17, 15) is 0 Å². The molecule has 1 aromatic carbocycles. The fourth-order valence-corrected chi connectivity index (χ4v) is 3.27. The highest BCUT2D eigenvalue weighted by molar-refractivity contribution is 5.93. The molecule has 0 amide bonds. The lowest BCUT2D eigenvalue weighted by molar-refractivity contribution is 0.311. The van der Waals surface area contributed by atoms with E-state index in [-0.39, 0.29) is 0 Å². The van der Waals surface area contributed by atoms with Crippen LogP contribution in [0.15, 0.2) is 41.5 Å². The number of hydrogen-bond acceptors (Lipinski definition) is 6. The van der Waals surface area contributed by atoms with Crippen LogP contribution in [0.2, 0.25) is 0 Å². The van der Waals surface area contributed by atoms with Gasteiger partial charge < -0.3 is 29.9 Å². The lowest BCUT2D eigenvalue weighted by Crippen LogP contribution is -2.44. The third-order valence-corrected chi connectivity index (χ3v) is 5.05. The minimum atomic E-state index is 0.573. The van der Waals surface area contributed by atoms with Crippen molar-refractivity contribution in [2.24, 2.45) is 4.99 Å². The van der Waals surface area contributed by atoms with Crippen molar-refractivity contribution in [1.82, 2.24) is 15.2 Å². The molecular weight excluding hydrogens is 380 g/mol. The lowest BCUT2D eigenvalue weighted by Gasteiger charge is -2.33.